The SMILES string of the molecule is COc1cc2c(cc1OC)[C@H]1[C@H](C(C)=O)CC(=O)N1CC2. The monoisotopic (exact) mass is 289 g/mol. The third kappa shape index (κ3) is 2.07. The molecule has 0 bridgehead atoms. The molecule has 1 aromatic rings. The molecule has 1 saturated heterocycles. The number of carbonyl (C=O) groups is 2. The summed E-state index contributed by atoms with van der Waals surface area (Å²) in [6.07, 6.45) is 1.09. The Hall–Kier alpha value is -2.04. The fourth-order valence-electron chi connectivity index (χ4n) is 3.47. The van der Waals surface area contributed by atoms with Crippen LogP contribution in [0.2, 0.25) is 0 Å². The summed E-state index contributed by atoms with van der Waals surface area (Å²) >= 11 is 0. The van der Waals surface area contributed by atoms with Crippen molar-refractivity contribution >= 4 is 11.7 Å². The van der Waals surface area contributed by atoms with Crippen LogP contribution in [0.1, 0.15) is 30.5 Å². The molecule has 0 saturated carbocycles. The first-order valence-electron chi connectivity index (χ1n) is 7.11. The minimum Gasteiger partial charge on any atom is -0.493 e. The van der Waals surface area contributed by atoms with Gasteiger partial charge in [-0.3, -0.25) is 9.59 Å². The smallest absolute Gasteiger partial charge is 0.223 e. The second kappa shape index (κ2) is 5.06. The molecule has 2 heterocycles. The Balaban J connectivity index is 2.11. The summed E-state index contributed by atoms with van der Waals surface area (Å²) in [5.74, 6) is 1.21. The topological polar surface area (TPSA) is 55.8 Å². The maximum absolute atomic E-state index is 12.1. The van der Waals surface area contributed by atoms with Crippen molar-refractivity contribution in [1.29, 1.82) is 0 Å². The van der Waals surface area contributed by atoms with Crippen LogP contribution in [0.4, 0.5) is 0 Å². The molecule has 5 heteroatoms. The number of Topliss-reactive ketones (excluding diaryl/α,β-unsaturated/α-hetero) is 1. The summed E-state index contributed by atoms with van der Waals surface area (Å²) in [6.45, 7) is 2.23. The van der Waals surface area contributed by atoms with E-state index in [0.717, 1.165) is 17.5 Å². The van der Waals surface area contributed by atoms with Crippen molar-refractivity contribution in [2.45, 2.75) is 25.8 Å². The van der Waals surface area contributed by atoms with Crippen LogP contribution in [0.5, 0.6) is 11.5 Å². The number of methoxy groups -OCH3 is 2. The summed E-state index contributed by atoms with van der Waals surface area (Å²) in [5.41, 5.74) is 2.15. The molecular weight excluding hydrogens is 270 g/mol. The fraction of sp³-hybridized carbons (Fsp3) is 0.500. The highest BCUT2D eigenvalue weighted by molar-refractivity contribution is 5.90. The second-order valence-corrected chi connectivity index (χ2v) is 5.61. The molecule has 0 aliphatic carbocycles. The van der Waals surface area contributed by atoms with Crippen LogP contribution in [0.25, 0.3) is 0 Å². The Bertz CT molecular complexity index is 611. The van der Waals surface area contributed by atoms with Gasteiger partial charge in [0.25, 0.3) is 0 Å². The van der Waals surface area contributed by atoms with Crippen LogP contribution < -0.4 is 9.47 Å². The largest absolute Gasteiger partial charge is 0.493 e. The predicted molar refractivity (Wildman–Crippen MR) is 76.5 cm³/mol. The molecule has 3 rings (SSSR count). The standard InChI is InChI=1S/C16H19NO4/c1-9(18)11-8-15(19)17-5-4-10-6-13(20-2)14(21-3)7-12(10)16(11)17/h6-7,11,16H,4-5,8H2,1-3H3/t11-,16+/m0/s1. The Morgan fingerprint density at radius 3 is 2.52 bits per heavy atom. The van der Waals surface area contributed by atoms with Crippen LogP contribution in [0.15, 0.2) is 12.1 Å². The normalized spacial score (nSPS) is 23.6. The average Bonchev–Trinajstić information content (AvgIpc) is 2.83. The maximum Gasteiger partial charge on any atom is 0.223 e. The van der Waals surface area contributed by atoms with E-state index in [4.69, 9.17) is 9.47 Å². The molecule has 0 aromatic heterocycles. The van der Waals surface area contributed by atoms with E-state index in [-0.39, 0.29) is 23.7 Å². The molecule has 0 spiro atoms. The van der Waals surface area contributed by atoms with Gasteiger partial charge in [-0.05, 0) is 36.6 Å². The highest BCUT2D eigenvalue weighted by Crippen LogP contribution is 2.45. The Morgan fingerprint density at radius 2 is 1.90 bits per heavy atom. The average molecular weight is 289 g/mol. The van der Waals surface area contributed by atoms with E-state index in [0.29, 0.717) is 24.5 Å². The Morgan fingerprint density at radius 1 is 1.24 bits per heavy atom. The van der Waals surface area contributed by atoms with Gasteiger partial charge in [-0.25, -0.2) is 0 Å². The number of carbonyl (C=O) groups excluding carboxylic acids is 2. The quantitative estimate of drug-likeness (QED) is 0.850. The van der Waals surface area contributed by atoms with Crippen molar-refractivity contribution in [2.24, 2.45) is 5.92 Å². The molecule has 0 N–H and O–H groups in total. The van der Waals surface area contributed by atoms with E-state index >= 15 is 0 Å². The summed E-state index contributed by atoms with van der Waals surface area (Å²) < 4.78 is 10.7. The van der Waals surface area contributed by atoms with Crippen LogP contribution in [-0.4, -0.2) is 37.4 Å². The van der Waals surface area contributed by atoms with Crippen molar-refractivity contribution in [3.05, 3.63) is 23.3 Å². The van der Waals surface area contributed by atoms with E-state index in [1.807, 2.05) is 17.0 Å². The lowest BCUT2D eigenvalue weighted by Crippen LogP contribution is -2.36. The third-order valence-corrected chi connectivity index (χ3v) is 4.54. The second-order valence-electron chi connectivity index (χ2n) is 5.61. The number of ketones is 1. The zero-order chi connectivity index (χ0) is 15.1. The maximum atomic E-state index is 12.1. The molecule has 0 radical (unpaired) electrons. The summed E-state index contributed by atoms with van der Waals surface area (Å²) in [6, 6.07) is 3.73. The van der Waals surface area contributed by atoms with Gasteiger partial charge in [0.05, 0.1) is 26.2 Å². The first-order valence-corrected chi connectivity index (χ1v) is 7.11. The van der Waals surface area contributed by atoms with Gasteiger partial charge < -0.3 is 14.4 Å². The highest BCUT2D eigenvalue weighted by atomic mass is 16.5. The zero-order valence-electron chi connectivity index (χ0n) is 12.5. The number of hydrogen-bond donors (Lipinski definition) is 0. The molecule has 2 aliphatic heterocycles. The number of ether oxygens (including phenoxy) is 2. The van der Waals surface area contributed by atoms with E-state index in [9.17, 15) is 9.59 Å². The molecule has 0 unspecified atom stereocenters. The molecule has 1 aromatic carbocycles. The minimum absolute atomic E-state index is 0.0680. The number of nitrogens with zero attached hydrogens (tertiary/aromatic N) is 1. The third-order valence-electron chi connectivity index (χ3n) is 4.54. The summed E-state index contributed by atoms with van der Waals surface area (Å²) in [4.78, 5) is 25.9. The Kier molecular flexibility index (Phi) is 3.35. The van der Waals surface area contributed by atoms with Crippen molar-refractivity contribution in [1.82, 2.24) is 4.90 Å². The Labute approximate surface area is 123 Å². The van der Waals surface area contributed by atoms with Gasteiger partial charge in [-0.1, -0.05) is 0 Å². The number of hydrogen-bond acceptors (Lipinski definition) is 4. The lowest BCUT2D eigenvalue weighted by molar-refractivity contribution is -0.129. The van der Waals surface area contributed by atoms with Gasteiger partial charge in [0, 0.05) is 13.0 Å². The van der Waals surface area contributed by atoms with E-state index in [1.165, 1.54) is 0 Å². The lowest BCUT2D eigenvalue weighted by atomic mass is 9.85. The van der Waals surface area contributed by atoms with Crippen LogP contribution >= 0.6 is 0 Å². The first-order chi connectivity index (χ1) is 10.1. The predicted octanol–water partition coefficient (Wildman–Crippen LogP) is 1.74. The van der Waals surface area contributed by atoms with Gasteiger partial charge in [0.1, 0.15) is 5.78 Å². The first kappa shape index (κ1) is 13.9. The van der Waals surface area contributed by atoms with Crippen LogP contribution in [0.3, 0.4) is 0 Å². The number of fused-ring (bicyclic) bond motifs is 3. The van der Waals surface area contributed by atoms with Crippen LogP contribution in [-0.2, 0) is 16.0 Å². The van der Waals surface area contributed by atoms with E-state index in [1.54, 1.807) is 21.1 Å². The van der Waals surface area contributed by atoms with Crippen molar-refractivity contribution in [3.8, 4) is 11.5 Å². The van der Waals surface area contributed by atoms with Gasteiger partial charge in [-0.15, -0.1) is 0 Å². The van der Waals surface area contributed by atoms with Gasteiger partial charge in [0.15, 0.2) is 11.5 Å². The van der Waals surface area contributed by atoms with Crippen LogP contribution in [0, 0.1) is 5.92 Å². The molecule has 112 valence electrons. The molecule has 2 aliphatic rings. The molecule has 1 fully saturated rings. The molecule has 21 heavy (non-hydrogen) atoms. The molecular formula is C16H19NO4. The lowest BCUT2D eigenvalue weighted by Gasteiger charge is -2.34. The number of amides is 1. The van der Waals surface area contributed by atoms with Gasteiger partial charge in [-0.2, -0.15) is 0 Å². The van der Waals surface area contributed by atoms with Gasteiger partial charge >= 0.3 is 0 Å². The van der Waals surface area contributed by atoms with Crippen molar-refractivity contribution in [2.75, 3.05) is 20.8 Å². The minimum atomic E-state index is -0.255. The summed E-state index contributed by atoms with van der Waals surface area (Å²) in [7, 11) is 3.20. The molecule has 1 amide bonds. The van der Waals surface area contributed by atoms with Crippen molar-refractivity contribution < 1.29 is 19.1 Å². The highest BCUT2D eigenvalue weighted by Gasteiger charge is 2.45. The molecule has 5 nitrogen and oxygen atoms in total. The zero-order valence-corrected chi connectivity index (χ0v) is 12.5. The van der Waals surface area contributed by atoms with Crippen molar-refractivity contribution in [3.63, 3.8) is 0 Å². The van der Waals surface area contributed by atoms with Gasteiger partial charge in [0.2, 0.25) is 5.91 Å². The molecule has 2 atom stereocenters. The summed E-state index contributed by atoms with van der Waals surface area (Å²) in [5, 5.41) is 0. The fourth-order valence-corrected chi connectivity index (χ4v) is 3.47. The number of rotatable bonds is 3. The number of benzene rings is 1. The van der Waals surface area contributed by atoms with E-state index < -0.39 is 0 Å². The van der Waals surface area contributed by atoms with E-state index in [2.05, 4.69) is 0 Å².